The summed E-state index contributed by atoms with van der Waals surface area (Å²) in [7, 11) is 12.5. The van der Waals surface area contributed by atoms with Crippen LogP contribution >= 0.6 is 68.4 Å². The number of carboxylic acid groups (broad SMARTS) is 2. The van der Waals surface area contributed by atoms with Gasteiger partial charge in [-0.1, -0.05) is 70.4 Å². The van der Waals surface area contributed by atoms with Crippen LogP contribution in [0.1, 0.15) is 155 Å². The number of likely N-dealkylation sites (N-methyl/N-ethyl adjacent to an activating group) is 2. The van der Waals surface area contributed by atoms with Crippen LogP contribution in [0.5, 0.6) is 0 Å². The van der Waals surface area contributed by atoms with Gasteiger partial charge in [-0.2, -0.15) is 25.3 Å². The Morgan fingerprint density at radius 3 is 1.92 bits per heavy atom. The monoisotopic (exact) mass is 1380 g/mol. The van der Waals surface area contributed by atoms with Crippen LogP contribution in [-0.2, 0) is 61.9 Å². The van der Waals surface area contributed by atoms with Gasteiger partial charge in [0.15, 0.2) is 18.7 Å². The minimum absolute atomic E-state index is 0.00213. The molecule has 23 nitrogen and oxygen atoms in total. The first-order chi connectivity index (χ1) is 41.0. The lowest BCUT2D eigenvalue weighted by molar-refractivity contribution is -0.319. The fourth-order valence-corrected chi connectivity index (χ4v) is 17.0. The zero-order chi connectivity index (χ0) is 67.9. The molecule has 0 saturated carbocycles. The molecule has 0 aliphatic carbocycles. The van der Waals surface area contributed by atoms with Gasteiger partial charge in [-0.05, 0) is 142 Å². The Morgan fingerprint density at radius 1 is 0.820 bits per heavy atom. The van der Waals surface area contributed by atoms with Gasteiger partial charge >= 0.3 is 23.9 Å². The lowest BCUT2D eigenvalue weighted by atomic mass is 9.77. The smallest absolute Gasteiger partial charge is 0.327 e. The van der Waals surface area contributed by atoms with E-state index < -0.39 is 159 Å². The molecular formula is C60H108N4O19S6. The number of carbonyl (C=O) groups is 6. The van der Waals surface area contributed by atoms with E-state index in [-0.39, 0.29) is 48.4 Å². The number of aliphatic hydroxyl groups excluding tert-OH is 2. The van der Waals surface area contributed by atoms with E-state index in [4.69, 9.17) is 33.2 Å². The van der Waals surface area contributed by atoms with Crippen LogP contribution in [0, 0.1) is 17.8 Å². The van der Waals surface area contributed by atoms with Gasteiger partial charge < -0.3 is 84.2 Å². The molecule has 29 heteroatoms. The van der Waals surface area contributed by atoms with Crippen molar-refractivity contribution in [1.29, 1.82) is 0 Å². The number of rotatable bonds is 29. The summed E-state index contributed by atoms with van der Waals surface area (Å²) in [6.07, 6.45) is -7.58. The molecule has 2 amide bonds. The highest BCUT2D eigenvalue weighted by Crippen LogP contribution is 2.42. The van der Waals surface area contributed by atoms with Crippen LogP contribution in [0.15, 0.2) is 0 Å². The van der Waals surface area contributed by atoms with E-state index in [2.05, 4.69) is 35.9 Å². The van der Waals surface area contributed by atoms with Crippen LogP contribution in [-0.4, -0.2) is 245 Å². The molecule has 0 aromatic rings. The first kappa shape index (κ1) is 81.7. The number of carboxylic acids is 2. The molecule has 3 heterocycles. The summed E-state index contributed by atoms with van der Waals surface area (Å²) in [5.74, 6) is -6.33. The largest absolute Gasteiger partial charge is 0.480 e. The maximum Gasteiger partial charge on any atom is 0.327 e. The van der Waals surface area contributed by atoms with Crippen LogP contribution in [0.4, 0.5) is 0 Å². The van der Waals surface area contributed by atoms with Gasteiger partial charge in [0, 0.05) is 61.0 Å². The lowest BCUT2D eigenvalue weighted by Gasteiger charge is -2.49. The summed E-state index contributed by atoms with van der Waals surface area (Å²) in [5.41, 5.74) is -4.75. The Bertz CT molecular complexity index is 2270. The number of nitrogens with one attached hydrogen (secondary N) is 2. The second-order valence-electron chi connectivity index (χ2n) is 26.6. The molecule has 0 spiro atoms. The number of cyclic esters (lactones) is 1. The average molecular weight is 1380 g/mol. The normalized spacial score (nSPS) is 35.1. The van der Waals surface area contributed by atoms with E-state index in [9.17, 15) is 59.4 Å². The van der Waals surface area contributed by atoms with E-state index >= 15 is 0 Å². The number of carbonyl (C=O) groups excluding carboxylic acids is 4. The summed E-state index contributed by atoms with van der Waals surface area (Å²) >= 11 is 8.54. The standard InChI is InChI=1S/C60H108N4O19S6/c1-19-42-60(14,76)47(66)36(6)64(17)29-32(2)27-58(12,75)49(34(4)45(35(5)52(72)80-42)82-44-28-59(13,77-18)48(67)37(7)79-44)83-53-46(41(63(15)16)26-33(3)78-53)81-43(65)23-21-20-22-38(89-88-31-40(51(70)71)62-55(74)57(10,11)85)24-25-86-87-30-39(50(68)69)61-54(73)56(8,9)84/h32-42,44-49,53,66-67,75-76,84-85H,19-31H2,1-18H3,(H,61,73)(H,62,74)(H,68,69)(H,70,71)/t32-,33-,34+,35-,36-,37+,38-,39+,40+,41+,42-,44+,45+,46-,47-,48+,49-,53+,58-,59-,60-/m1/s1. The first-order valence-corrected chi connectivity index (χ1v) is 36.6. The van der Waals surface area contributed by atoms with Crippen LogP contribution in [0.3, 0.4) is 0 Å². The molecule has 0 unspecified atom stereocenters. The van der Waals surface area contributed by atoms with E-state index in [0.29, 0.717) is 44.4 Å². The molecule has 3 aliphatic heterocycles. The molecule has 89 heavy (non-hydrogen) atoms. The number of ether oxygens (including phenoxy) is 7. The van der Waals surface area contributed by atoms with E-state index in [1.165, 1.54) is 57.2 Å². The van der Waals surface area contributed by atoms with Crippen molar-refractivity contribution in [2.24, 2.45) is 17.8 Å². The van der Waals surface area contributed by atoms with Gasteiger partial charge in [-0.15, -0.1) is 0 Å². The van der Waals surface area contributed by atoms with Crippen molar-refractivity contribution in [1.82, 2.24) is 20.4 Å². The zero-order valence-corrected chi connectivity index (χ0v) is 60.6. The fraction of sp³-hybridized carbons (Fsp3) is 0.900. The summed E-state index contributed by atoms with van der Waals surface area (Å²) in [4.78, 5) is 82.2. The minimum Gasteiger partial charge on any atom is -0.480 e. The molecule has 0 aromatic heterocycles. The lowest BCUT2D eigenvalue weighted by Crippen LogP contribution is -2.61. The first-order valence-electron chi connectivity index (χ1n) is 30.8. The van der Waals surface area contributed by atoms with Gasteiger partial charge in [-0.25, -0.2) is 9.59 Å². The van der Waals surface area contributed by atoms with E-state index in [0.717, 1.165) is 0 Å². The van der Waals surface area contributed by atoms with Crippen molar-refractivity contribution in [2.75, 3.05) is 52.1 Å². The van der Waals surface area contributed by atoms with Crippen molar-refractivity contribution >= 4 is 104 Å². The van der Waals surface area contributed by atoms with Crippen LogP contribution < -0.4 is 10.6 Å². The zero-order valence-electron chi connectivity index (χ0n) is 55.5. The van der Waals surface area contributed by atoms with Crippen LogP contribution in [0.25, 0.3) is 0 Å². The number of hydrogen-bond acceptors (Lipinski definition) is 25. The van der Waals surface area contributed by atoms with Gasteiger partial charge in [0.25, 0.3) is 0 Å². The molecule has 3 saturated heterocycles. The SMILES string of the molecule is CC[C@H]1OC(=O)[C@H](C)[C@@H](O[C@H]2C[C@@](C)(OC)[C@@H](O)[C@H](C)O2)[C@H](C)[C@@H](O[C@@H]2O[C@H](C)C[C@H](N(C)C)[C@H]2OC(=O)CCCC[C@H](CCSSC[C@H](NC(=O)C(C)(C)S)C(=O)O)SSC[C@H](NC(=O)C(C)(C)S)C(=O)O)[C@](C)(O)C[C@@H](C)CN(C)[C@H](C)[C@@H](O)[C@]1(C)O. The average Bonchev–Trinajstić information content (AvgIpc) is 1.40. The Kier molecular flexibility index (Phi) is 33.1. The molecule has 518 valence electrons. The molecule has 0 bridgehead atoms. The number of esters is 2. The molecule has 3 aliphatic rings. The summed E-state index contributed by atoms with van der Waals surface area (Å²) in [5, 5.41) is 72.8. The number of aliphatic carboxylic acids is 2. The van der Waals surface area contributed by atoms with Gasteiger partial charge in [0.1, 0.15) is 36.0 Å². The predicted molar refractivity (Wildman–Crippen MR) is 355 cm³/mol. The number of thiol groups is 2. The molecule has 3 fully saturated rings. The number of unbranched alkanes of at least 4 members (excludes halogenated alkanes) is 1. The van der Waals surface area contributed by atoms with Gasteiger partial charge in [-0.3, -0.25) is 19.2 Å². The molecule has 3 rings (SSSR count). The molecule has 8 N–H and O–H groups in total. The summed E-state index contributed by atoms with van der Waals surface area (Å²) < 4.78 is 43.1. The number of methoxy groups -OCH3 is 1. The van der Waals surface area contributed by atoms with Crippen molar-refractivity contribution in [2.45, 2.75) is 272 Å². The van der Waals surface area contributed by atoms with Crippen molar-refractivity contribution < 1.29 is 92.6 Å². The Labute approximate surface area is 555 Å². The number of nitrogens with zero attached hydrogens (tertiary/aromatic N) is 2. The van der Waals surface area contributed by atoms with Crippen molar-refractivity contribution in [3.05, 3.63) is 0 Å². The number of amides is 2. The van der Waals surface area contributed by atoms with Crippen molar-refractivity contribution in [3.63, 3.8) is 0 Å². The highest BCUT2D eigenvalue weighted by molar-refractivity contribution is 8.77. The molecular weight excluding hydrogens is 1270 g/mol. The Hall–Kier alpha value is -1.52. The molecule has 0 radical (unpaired) electrons. The third-order valence-electron chi connectivity index (χ3n) is 17.2. The second kappa shape index (κ2) is 36.0. The summed E-state index contributed by atoms with van der Waals surface area (Å²) in [6.45, 7) is 23.9. The topological polar surface area (TPSA) is 319 Å². The fourth-order valence-electron chi connectivity index (χ4n) is 11.5. The summed E-state index contributed by atoms with van der Waals surface area (Å²) in [6, 6.07) is -3.40. The minimum atomic E-state index is -1.89. The van der Waals surface area contributed by atoms with Crippen LogP contribution in [0.2, 0.25) is 0 Å². The van der Waals surface area contributed by atoms with Gasteiger partial charge in [0.05, 0.1) is 57.1 Å². The highest BCUT2D eigenvalue weighted by atomic mass is 33.1. The maximum atomic E-state index is 14.7. The predicted octanol–water partition coefficient (Wildman–Crippen LogP) is 6.09. The Balaban J connectivity index is 2.00. The quantitative estimate of drug-likeness (QED) is 0.0175. The van der Waals surface area contributed by atoms with Crippen molar-refractivity contribution in [3.8, 4) is 0 Å². The molecule has 0 aromatic carbocycles. The third kappa shape index (κ3) is 24.6. The highest BCUT2D eigenvalue weighted by Gasteiger charge is 2.53. The maximum absolute atomic E-state index is 14.7. The number of hydrogen-bond donors (Lipinski definition) is 10. The third-order valence-corrected chi connectivity index (χ3v) is 23.0. The van der Waals surface area contributed by atoms with E-state index in [1.807, 2.05) is 44.8 Å². The molecule has 21 atom stereocenters. The van der Waals surface area contributed by atoms with E-state index in [1.54, 1.807) is 76.2 Å². The Morgan fingerprint density at radius 2 is 1.39 bits per heavy atom. The second-order valence-corrected chi connectivity index (χ2v) is 34.2. The number of aliphatic hydroxyl groups is 4. The van der Waals surface area contributed by atoms with Gasteiger partial charge in [0.2, 0.25) is 11.8 Å².